The summed E-state index contributed by atoms with van der Waals surface area (Å²) in [6, 6.07) is 7.86. The molecule has 1 atom stereocenters. The number of rotatable bonds is 7. The van der Waals surface area contributed by atoms with E-state index in [4.69, 9.17) is 10.5 Å². The fourth-order valence-corrected chi connectivity index (χ4v) is 2.19. The number of carbonyl (C=O) groups excluding carboxylic acids is 1. The number of thioether (sulfide) groups is 1. The van der Waals surface area contributed by atoms with Crippen molar-refractivity contribution in [3.63, 3.8) is 0 Å². The van der Waals surface area contributed by atoms with E-state index in [-0.39, 0.29) is 24.4 Å². The number of carbonyl (C=O) groups is 1. The molecule has 1 rings (SSSR count). The van der Waals surface area contributed by atoms with Gasteiger partial charge in [-0.3, -0.25) is 4.79 Å². The first kappa shape index (κ1) is 18.1. The van der Waals surface area contributed by atoms with Crippen LogP contribution in [0.1, 0.15) is 13.3 Å². The second-order valence-corrected chi connectivity index (χ2v) is 5.15. The number of nitrogens with two attached hydrogens (primary N) is 1. The first-order chi connectivity index (χ1) is 8.65. The van der Waals surface area contributed by atoms with Gasteiger partial charge in [0.2, 0.25) is 5.91 Å². The minimum Gasteiger partial charge on any atom is -0.497 e. The van der Waals surface area contributed by atoms with E-state index in [1.807, 2.05) is 31.2 Å². The van der Waals surface area contributed by atoms with Gasteiger partial charge < -0.3 is 15.8 Å². The summed E-state index contributed by atoms with van der Waals surface area (Å²) >= 11 is 1.65. The molecule has 3 N–H and O–H groups in total. The van der Waals surface area contributed by atoms with Gasteiger partial charge in [-0.15, -0.1) is 24.2 Å². The van der Waals surface area contributed by atoms with Gasteiger partial charge >= 0.3 is 0 Å². The molecular formula is C13H21ClN2O2S. The second kappa shape index (κ2) is 9.95. The third-order valence-corrected chi connectivity index (χ3v) is 3.43. The number of benzene rings is 1. The normalized spacial score (nSPS) is 11.3. The number of ether oxygens (including phenoxy) is 1. The van der Waals surface area contributed by atoms with Gasteiger partial charge in [0, 0.05) is 29.7 Å². The van der Waals surface area contributed by atoms with E-state index in [9.17, 15) is 4.79 Å². The zero-order chi connectivity index (χ0) is 13.4. The van der Waals surface area contributed by atoms with Crippen LogP contribution in [-0.4, -0.2) is 31.4 Å². The predicted octanol–water partition coefficient (Wildman–Crippen LogP) is 2.06. The lowest BCUT2D eigenvalue weighted by Gasteiger charge is -2.10. The van der Waals surface area contributed by atoms with Crippen molar-refractivity contribution < 1.29 is 9.53 Å². The molecule has 0 aliphatic rings. The Hall–Kier alpha value is -0.910. The van der Waals surface area contributed by atoms with E-state index >= 15 is 0 Å². The highest BCUT2D eigenvalue weighted by molar-refractivity contribution is 7.99. The molecule has 0 aliphatic carbocycles. The summed E-state index contributed by atoms with van der Waals surface area (Å²) in [7, 11) is 1.64. The molecule has 1 aromatic rings. The van der Waals surface area contributed by atoms with Crippen molar-refractivity contribution in [2.24, 2.45) is 5.73 Å². The molecule has 0 aromatic heterocycles. The van der Waals surface area contributed by atoms with Crippen molar-refractivity contribution >= 4 is 30.1 Å². The van der Waals surface area contributed by atoms with Crippen molar-refractivity contribution in [3.8, 4) is 5.75 Å². The SMILES string of the molecule is COc1ccc(SCCC(=O)N[C@@H](C)CN)cc1.Cl. The molecule has 1 aromatic carbocycles. The highest BCUT2D eigenvalue weighted by atomic mass is 35.5. The van der Waals surface area contributed by atoms with E-state index in [0.717, 1.165) is 16.4 Å². The van der Waals surface area contributed by atoms with Crippen LogP contribution in [0.5, 0.6) is 5.75 Å². The van der Waals surface area contributed by atoms with E-state index in [0.29, 0.717) is 13.0 Å². The molecule has 108 valence electrons. The lowest BCUT2D eigenvalue weighted by atomic mass is 10.3. The molecule has 19 heavy (non-hydrogen) atoms. The molecule has 0 fully saturated rings. The van der Waals surface area contributed by atoms with E-state index in [1.54, 1.807) is 18.9 Å². The molecule has 0 saturated carbocycles. The van der Waals surface area contributed by atoms with Crippen LogP contribution >= 0.6 is 24.2 Å². The molecule has 0 heterocycles. The molecule has 0 aliphatic heterocycles. The van der Waals surface area contributed by atoms with Gasteiger partial charge in [0.25, 0.3) is 0 Å². The molecule has 4 nitrogen and oxygen atoms in total. The maximum Gasteiger partial charge on any atom is 0.221 e. The van der Waals surface area contributed by atoms with E-state index in [1.165, 1.54) is 0 Å². The van der Waals surface area contributed by atoms with Crippen LogP contribution < -0.4 is 15.8 Å². The van der Waals surface area contributed by atoms with Gasteiger partial charge in [0.1, 0.15) is 5.75 Å². The van der Waals surface area contributed by atoms with E-state index < -0.39 is 0 Å². The molecule has 0 unspecified atom stereocenters. The van der Waals surface area contributed by atoms with Gasteiger partial charge in [0.05, 0.1) is 7.11 Å². The van der Waals surface area contributed by atoms with Gasteiger partial charge in [-0.1, -0.05) is 0 Å². The Morgan fingerprint density at radius 2 is 2.05 bits per heavy atom. The Morgan fingerprint density at radius 1 is 1.42 bits per heavy atom. The summed E-state index contributed by atoms with van der Waals surface area (Å²) in [6.45, 7) is 2.37. The summed E-state index contributed by atoms with van der Waals surface area (Å²) in [5.41, 5.74) is 5.44. The first-order valence-electron chi connectivity index (χ1n) is 5.92. The standard InChI is InChI=1S/C13H20N2O2S.ClH/c1-10(9-14)15-13(16)7-8-18-12-5-3-11(17-2)4-6-12;/h3-6,10H,7-9,14H2,1-2H3,(H,15,16);1H/t10-;/m0./s1. The third kappa shape index (κ3) is 7.30. The van der Waals surface area contributed by atoms with Crippen LogP contribution in [0, 0.1) is 0 Å². The monoisotopic (exact) mass is 304 g/mol. The van der Waals surface area contributed by atoms with Crippen LogP contribution in [0.15, 0.2) is 29.2 Å². The average Bonchev–Trinajstić information content (AvgIpc) is 2.39. The van der Waals surface area contributed by atoms with Crippen molar-refractivity contribution in [2.75, 3.05) is 19.4 Å². The Kier molecular flexibility index (Phi) is 9.47. The first-order valence-corrected chi connectivity index (χ1v) is 6.90. The fraction of sp³-hybridized carbons (Fsp3) is 0.462. The zero-order valence-corrected chi connectivity index (χ0v) is 12.9. The van der Waals surface area contributed by atoms with Crippen molar-refractivity contribution in [2.45, 2.75) is 24.3 Å². The van der Waals surface area contributed by atoms with Gasteiger partial charge in [-0.2, -0.15) is 0 Å². The number of hydrogen-bond acceptors (Lipinski definition) is 4. The fourth-order valence-electron chi connectivity index (χ4n) is 1.34. The van der Waals surface area contributed by atoms with Crippen molar-refractivity contribution in [3.05, 3.63) is 24.3 Å². The summed E-state index contributed by atoms with van der Waals surface area (Å²) in [4.78, 5) is 12.6. The highest BCUT2D eigenvalue weighted by Crippen LogP contribution is 2.21. The van der Waals surface area contributed by atoms with Gasteiger partial charge in [-0.25, -0.2) is 0 Å². The van der Waals surface area contributed by atoms with Gasteiger partial charge in [-0.05, 0) is 31.2 Å². The van der Waals surface area contributed by atoms with Crippen LogP contribution in [0.4, 0.5) is 0 Å². The maximum atomic E-state index is 11.5. The Balaban J connectivity index is 0.00000324. The lowest BCUT2D eigenvalue weighted by molar-refractivity contribution is -0.121. The minimum atomic E-state index is 0. The lowest BCUT2D eigenvalue weighted by Crippen LogP contribution is -2.37. The minimum absolute atomic E-state index is 0. The van der Waals surface area contributed by atoms with Crippen molar-refractivity contribution in [1.82, 2.24) is 5.32 Å². The Labute approximate surface area is 124 Å². The van der Waals surface area contributed by atoms with Crippen LogP contribution in [0.2, 0.25) is 0 Å². The molecule has 0 radical (unpaired) electrons. The predicted molar refractivity (Wildman–Crippen MR) is 82.2 cm³/mol. The average molecular weight is 305 g/mol. The van der Waals surface area contributed by atoms with Crippen molar-refractivity contribution in [1.29, 1.82) is 0 Å². The largest absolute Gasteiger partial charge is 0.497 e. The molecule has 0 bridgehead atoms. The molecular weight excluding hydrogens is 284 g/mol. The number of amides is 1. The summed E-state index contributed by atoms with van der Waals surface area (Å²) in [5, 5.41) is 2.84. The smallest absolute Gasteiger partial charge is 0.221 e. The summed E-state index contributed by atoms with van der Waals surface area (Å²) in [5.74, 6) is 1.65. The molecule has 0 saturated heterocycles. The quantitative estimate of drug-likeness (QED) is 0.757. The van der Waals surface area contributed by atoms with Crippen LogP contribution in [0.3, 0.4) is 0 Å². The number of methoxy groups -OCH3 is 1. The number of hydrogen-bond donors (Lipinski definition) is 2. The molecule has 6 heteroatoms. The Morgan fingerprint density at radius 3 is 2.58 bits per heavy atom. The van der Waals surface area contributed by atoms with E-state index in [2.05, 4.69) is 5.32 Å². The topological polar surface area (TPSA) is 64.3 Å². The second-order valence-electron chi connectivity index (χ2n) is 3.98. The number of nitrogens with one attached hydrogen (secondary N) is 1. The summed E-state index contributed by atoms with van der Waals surface area (Å²) < 4.78 is 5.08. The Bertz CT molecular complexity index is 373. The molecule has 0 spiro atoms. The van der Waals surface area contributed by atoms with Crippen LogP contribution in [0.25, 0.3) is 0 Å². The number of halogens is 1. The highest BCUT2D eigenvalue weighted by Gasteiger charge is 2.05. The van der Waals surface area contributed by atoms with Crippen LogP contribution in [-0.2, 0) is 4.79 Å². The summed E-state index contributed by atoms with van der Waals surface area (Å²) in [6.07, 6.45) is 0.501. The maximum absolute atomic E-state index is 11.5. The van der Waals surface area contributed by atoms with Gasteiger partial charge in [0.15, 0.2) is 0 Å². The zero-order valence-electron chi connectivity index (χ0n) is 11.2. The third-order valence-electron chi connectivity index (χ3n) is 2.42. The molecule has 1 amide bonds.